The average Bonchev–Trinajstić information content (AvgIpc) is 2.47. The molecule has 1 amide bonds. The quantitative estimate of drug-likeness (QED) is 0.739. The molecule has 1 aromatic heterocycles. The van der Waals surface area contributed by atoms with Crippen LogP contribution in [0.5, 0.6) is 0 Å². The zero-order chi connectivity index (χ0) is 14.8. The molecule has 0 radical (unpaired) electrons. The van der Waals surface area contributed by atoms with Crippen LogP contribution in [0.4, 0.5) is 15.9 Å². The van der Waals surface area contributed by atoms with E-state index in [0.29, 0.717) is 37.4 Å². The Hall–Kier alpha value is -1.89. The summed E-state index contributed by atoms with van der Waals surface area (Å²) in [5, 5.41) is 5.97. The first-order valence-corrected chi connectivity index (χ1v) is 6.59. The molecule has 0 aromatic carbocycles. The Balaban J connectivity index is 2.17. The molecule has 0 unspecified atom stereocenters. The number of halogens is 1. The van der Waals surface area contributed by atoms with Gasteiger partial charge in [-0.15, -0.1) is 0 Å². The summed E-state index contributed by atoms with van der Waals surface area (Å²) in [6, 6.07) is 1.41. The Morgan fingerprint density at radius 2 is 2.10 bits per heavy atom. The van der Waals surface area contributed by atoms with Crippen LogP contribution >= 0.6 is 0 Å². The third kappa shape index (κ3) is 2.53. The highest BCUT2D eigenvalue weighted by atomic mass is 19.1. The minimum Gasteiger partial charge on any atom is -0.385 e. The predicted molar refractivity (Wildman–Crippen MR) is 76.2 cm³/mol. The number of primary amides is 1. The van der Waals surface area contributed by atoms with Crippen LogP contribution in [0.15, 0.2) is 12.3 Å². The molecule has 4 N–H and O–H groups in total. The zero-order valence-electron chi connectivity index (χ0n) is 11.7. The maximum atomic E-state index is 13.2. The van der Waals surface area contributed by atoms with Gasteiger partial charge in [0.05, 0.1) is 11.9 Å². The van der Waals surface area contributed by atoms with E-state index in [1.54, 1.807) is 14.1 Å². The van der Waals surface area contributed by atoms with Gasteiger partial charge < -0.3 is 21.3 Å². The van der Waals surface area contributed by atoms with E-state index in [1.807, 2.05) is 4.90 Å². The van der Waals surface area contributed by atoms with E-state index in [1.165, 1.54) is 12.3 Å². The van der Waals surface area contributed by atoms with Crippen molar-refractivity contribution in [3.8, 4) is 0 Å². The highest BCUT2D eigenvalue weighted by molar-refractivity contribution is 5.85. The number of piperidine rings is 1. The van der Waals surface area contributed by atoms with Crippen molar-refractivity contribution in [1.29, 1.82) is 0 Å². The van der Waals surface area contributed by atoms with Gasteiger partial charge in [-0.05, 0) is 19.9 Å². The minimum atomic E-state index is -0.656. The van der Waals surface area contributed by atoms with Crippen LogP contribution < -0.4 is 21.3 Å². The molecule has 1 aliphatic heterocycles. The Morgan fingerprint density at radius 1 is 1.45 bits per heavy atom. The van der Waals surface area contributed by atoms with Crippen molar-refractivity contribution in [3.63, 3.8) is 0 Å². The second-order valence-electron chi connectivity index (χ2n) is 4.96. The number of pyridine rings is 1. The van der Waals surface area contributed by atoms with Crippen molar-refractivity contribution in [1.82, 2.24) is 10.3 Å². The summed E-state index contributed by atoms with van der Waals surface area (Å²) >= 11 is 0. The molecule has 1 saturated heterocycles. The highest BCUT2D eigenvalue weighted by Gasteiger charge is 2.39. The second-order valence-corrected chi connectivity index (χ2v) is 4.96. The molecular weight excluding hydrogens is 261 g/mol. The smallest absolute Gasteiger partial charge is 0.237 e. The predicted octanol–water partition coefficient (Wildman–Crippen LogP) is 0.306. The molecule has 1 aliphatic rings. The third-order valence-electron chi connectivity index (χ3n) is 3.97. The molecule has 6 nitrogen and oxygen atoms in total. The topological polar surface area (TPSA) is 83.3 Å². The lowest BCUT2D eigenvalue weighted by molar-refractivity contribution is -0.125. The summed E-state index contributed by atoms with van der Waals surface area (Å²) in [4.78, 5) is 17.8. The molecule has 7 heteroatoms. The number of carbonyl (C=O) groups excluding carboxylic acids is 1. The molecule has 20 heavy (non-hydrogen) atoms. The average molecular weight is 281 g/mol. The molecule has 1 aromatic rings. The lowest BCUT2D eigenvalue weighted by Gasteiger charge is -2.40. The molecule has 0 atom stereocenters. The first-order chi connectivity index (χ1) is 9.52. The largest absolute Gasteiger partial charge is 0.385 e. The van der Waals surface area contributed by atoms with Gasteiger partial charge in [-0.3, -0.25) is 4.79 Å². The van der Waals surface area contributed by atoms with E-state index in [-0.39, 0.29) is 11.7 Å². The van der Waals surface area contributed by atoms with Gasteiger partial charge in [-0.2, -0.15) is 0 Å². The minimum absolute atomic E-state index is 0.333. The summed E-state index contributed by atoms with van der Waals surface area (Å²) in [6.45, 7) is 1.27. The molecule has 0 aliphatic carbocycles. The Bertz CT molecular complexity index is 500. The lowest BCUT2D eigenvalue weighted by atomic mass is 9.87. The van der Waals surface area contributed by atoms with Crippen LogP contribution in [0.2, 0.25) is 0 Å². The number of nitrogens with zero attached hydrogens (tertiary/aromatic N) is 2. The number of rotatable bonds is 4. The van der Waals surface area contributed by atoms with Crippen LogP contribution in [0.3, 0.4) is 0 Å². The number of amides is 1. The van der Waals surface area contributed by atoms with Crippen molar-refractivity contribution in [2.75, 3.05) is 37.4 Å². The Kier molecular flexibility index (Phi) is 4.08. The summed E-state index contributed by atoms with van der Waals surface area (Å²) in [6.07, 6.45) is 2.40. The zero-order valence-corrected chi connectivity index (χ0v) is 11.7. The van der Waals surface area contributed by atoms with Gasteiger partial charge in [0.2, 0.25) is 5.91 Å². The van der Waals surface area contributed by atoms with Crippen LogP contribution in [0.1, 0.15) is 12.8 Å². The molecule has 0 saturated carbocycles. The molecule has 1 fully saturated rings. The molecule has 0 bridgehead atoms. The van der Waals surface area contributed by atoms with Crippen molar-refractivity contribution < 1.29 is 9.18 Å². The van der Waals surface area contributed by atoms with Gasteiger partial charge >= 0.3 is 0 Å². The van der Waals surface area contributed by atoms with Crippen LogP contribution in [0, 0.1) is 5.82 Å². The number of aromatic nitrogens is 1. The van der Waals surface area contributed by atoms with Crippen LogP contribution in [-0.4, -0.2) is 43.6 Å². The molecular formula is C13H20FN5O. The summed E-state index contributed by atoms with van der Waals surface area (Å²) < 4.78 is 13.2. The van der Waals surface area contributed by atoms with Crippen molar-refractivity contribution in [2.45, 2.75) is 18.4 Å². The van der Waals surface area contributed by atoms with E-state index in [0.717, 1.165) is 0 Å². The molecule has 2 rings (SSSR count). The van der Waals surface area contributed by atoms with E-state index < -0.39 is 5.54 Å². The van der Waals surface area contributed by atoms with Gasteiger partial charge in [0, 0.05) is 26.2 Å². The first kappa shape index (κ1) is 14.5. The van der Waals surface area contributed by atoms with Gasteiger partial charge in [0.15, 0.2) is 5.82 Å². The second kappa shape index (κ2) is 5.62. The van der Waals surface area contributed by atoms with Crippen LogP contribution in [-0.2, 0) is 4.79 Å². The Morgan fingerprint density at radius 3 is 2.60 bits per heavy atom. The number of nitrogens with one attached hydrogen (secondary N) is 2. The van der Waals surface area contributed by atoms with Crippen molar-refractivity contribution in [3.05, 3.63) is 18.1 Å². The lowest BCUT2D eigenvalue weighted by Crippen LogP contribution is -2.59. The van der Waals surface area contributed by atoms with Gasteiger partial charge in [-0.1, -0.05) is 0 Å². The van der Waals surface area contributed by atoms with Gasteiger partial charge in [-0.25, -0.2) is 9.37 Å². The first-order valence-electron chi connectivity index (χ1n) is 6.59. The number of hydrogen-bond donors (Lipinski definition) is 3. The maximum absolute atomic E-state index is 13.2. The van der Waals surface area contributed by atoms with E-state index in [4.69, 9.17) is 5.73 Å². The standard InChI is InChI=1S/C13H20FN5O/c1-16-10-7-9(14)8-18-11(10)19-5-3-13(17-2,4-6-19)12(15)20/h7-8,16-17H,3-6H2,1-2H3,(H2,15,20). The number of nitrogens with two attached hydrogens (primary N) is 1. The van der Waals surface area contributed by atoms with E-state index >= 15 is 0 Å². The Labute approximate surface area is 117 Å². The molecule has 110 valence electrons. The number of carbonyl (C=O) groups is 1. The summed E-state index contributed by atoms with van der Waals surface area (Å²) in [5.41, 5.74) is 5.46. The fourth-order valence-corrected chi connectivity index (χ4v) is 2.59. The molecule has 0 spiro atoms. The van der Waals surface area contributed by atoms with E-state index in [9.17, 15) is 9.18 Å². The number of anilines is 2. The molecule has 2 heterocycles. The number of hydrogen-bond acceptors (Lipinski definition) is 5. The third-order valence-corrected chi connectivity index (χ3v) is 3.97. The maximum Gasteiger partial charge on any atom is 0.237 e. The fraction of sp³-hybridized carbons (Fsp3) is 0.538. The summed E-state index contributed by atoms with van der Waals surface area (Å²) in [7, 11) is 3.47. The van der Waals surface area contributed by atoms with Gasteiger partial charge in [0.1, 0.15) is 11.4 Å². The highest BCUT2D eigenvalue weighted by Crippen LogP contribution is 2.29. The van der Waals surface area contributed by atoms with Crippen LogP contribution in [0.25, 0.3) is 0 Å². The van der Waals surface area contributed by atoms with Gasteiger partial charge in [0.25, 0.3) is 0 Å². The monoisotopic (exact) mass is 281 g/mol. The van der Waals surface area contributed by atoms with Crippen molar-refractivity contribution in [2.24, 2.45) is 5.73 Å². The summed E-state index contributed by atoms with van der Waals surface area (Å²) in [5.74, 6) is -0.0135. The fourth-order valence-electron chi connectivity index (χ4n) is 2.59. The van der Waals surface area contributed by atoms with Crippen molar-refractivity contribution >= 4 is 17.4 Å². The van der Waals surface area contributed by atoms with E-state index in [2.05, 4.69) is 15.6 Å². The SMILES string of the molecule is CNc1cc(F)cnc1N1CCC(NC)(C(N)=O)CC1. The number of likely N-dealkylation sites (N-methyl/N-ethyl adjacent to an activating group) is 1. The normalized spacial score (nSPS) is 17.9.